The highest BCUT2D eigenvalue weighted by Crippen LogP contribution is 2.35. The van der Waals surface area contributed by atoms with Gasteiger partial charge in [-0.15, -0.1) is 0 Å². The molecule has 6 nitrogen and oxygen atoms in total. The van der Waals surface area contributed by atoms with E-state index < -0.39 is 0 Å². The molecule has 1 aliphatic heterocycles. The van der Waals surface area contributed by atoms with E-state index in [-0.39, 0.29) is 11.9 Å². The topological polar surface area (TPSA) is 58.8 Å². The van der Waals surface area contributed by atoms with Crippen molar-refractivity contribution >= 4 is 11.8 Å². The van der Waals surface area contributed by atoms with Crippen molar-refractivity contribution in [3.05, 3.63) is 65.7 Å². The van der Waals surface area contributed by atoms with Gasteiger partial charge in [-0.25, -0.2) is 0 Å². The fraction of sp³-hybridized carbons (Fsp3) is 0.385. The average Bonchev–Trinajstić information content (AvgIpc) is 3.26. The summed E-state index contributed by atoms with van der Waals surface area (Å²) in [7, 11) is 1.59. The summed E-state index contributed by atoms with van der Waals surface area (Å²) >= 11 is 0. The molecule has 1 saturated heterocycles. The largest absolute Gasteiger partial charge is 0.496 e. The molecule has 0 N–H and O–H groups in total. The zero-order chi connectivity index (χ0) is 22.5. The van der Waals surface area contributed by atoms with E-state index in [1.54, 1.807) is 7.11 Å². The molecule has 168 valence electrons. The number of ether oxygens (including phenoxy) is 1. The zero-order valence-electron chi connectivity index (χ0n) is 19.1. The summed E-state index contributed by atoms with van der Waals surface area (Å²) in [5.74, 6) is 1.29. The van der Waals surface area contributed by atoms with Gasteiger partial charge < -0.3 is 19.1 Å². The van der Waals surface area contributed by atoms with Crippen LogP contribution in [0, 0.1) is 0 Å². The molecule has 1 fully saturated rings. The van der Waals surface area contributed by atoms with E-state index in [0.29, 0.717) is 17.9 Å². The van der Waals surface area contributed by atoms with Gasteiger partial charge in [-0.2, -0.15) is 0 Å². The highest BCUT2D eigenvalue weighted by atomic mass is 16.5. The van der Waals surface area contributed by atoms with Crippen LogP contribution >= 0.6 is 0 Å². The quantitative estimate of drug-likeness (QED) is 0.500. The summed E-state index contributed by atoms with van der Waals surface area (Å²) in [5.41, 5.74) is 3.29. The highest BCUT2D eigenvalue weighted by Gasteiger charge is 2.29. The normalized spacial score (nSPS) is 13.9. The van der Waals surface area contributed by atoms with E-state index in [0.717, 1.165) is 48.6 Å². The Balaban J connectivity index is 1.74. The van der Waals surface area contributed by atoms with Crippen LogP contribution < -0.4 is 9.64 Å². The Bertz CT molecular complexity index is 1040. The number of nitrogens with zero attached hydrogens (tertiary/aromatic N) is 3. The Labute approximate surface area is 189 Å². The summed E-state index contributed by atoms with van der Waals surface area (Å²) in [6.45, 7) is 6.36. The number of hydrogen-bond acceptors (Lipinski definition) is 5. The third-order valence-electron chi connectivity index (χ3n) is 6.01. The molecule has 6 heteroatoms. The van der Waals surface area contributed by atoms with Crippen LogP contribution in [0.3, 0.4) is 0 Å². The minimum Gasteiger partial charge on any atom is -0.496 e. The number of methoxy groups -OCH3 is 1. The van der Waals surface area contributed by atoms with Crippen molar-refractivity contribution in [2.45, 2.75) is 45.7 Å². The molecule has 0 unspecified atom stereocenters. The lowest BCUT2D eigenvalue weighted by atomic mass is 10.0. The lowest BCUT2D eigenvalue weighted by Crippen LogP contribution is -2.37. The molecule has 4 rings (SSSR count). The van der Waals surface area contributed by atoms with Crippen LogP contribution in [0.2, 0.25) is 0 Å². The van der Waals surface area contributed by atoms with Crippen molar-refractivity contribution in [1.82, 2.24) is 10.1 Å². The van der Waals surface area contributed by atoms with Gasteiger partial charge in [-0.05, 0) is 45.2 Å². The van der Waals surface area contributed by atoms with Crippen molar-refractivity contribution in [3.8, 4) is 17.0 Å². The minimum absolute atomic E-state index is 0.0138. The van der Waals surface area contributed by atoms with E-state index in [4.69, 9.17) is 9.26 Å². The Morgan fingerprint density at radius 3 is 2.44 bits per heavy atom. The number of benzene rings is 2. The molecule has 0 spiro atoms. The maximum atomic E-state index is 13.6. The predicted molar refractivity (Wildman–Crippen MR) is 126 cm³/mol. The number of aromatic nitrogens is 1. The van der Waals surface area contributed by atoms with E-state index in [9.17, 15) is 4.79 Å². The van der Waals surface area contributed by atoms with Crippen LogP contribution in [0.15, 0.2) is 59.1 Å². The minimum atomic E-state index is -0.0674. The second-order valence-corrected chi connectivity index (χ2v) is 8.46. The molecule has 0 atom stereocenters. The summed E-state index contributed by atoms with van der Waals surface area (Å²) in [4.78, 5) is 17.7. The van der Waals surface area contributed by atoms with Crippen molar-refractivity contribution < 1.29 is 14.1 Å². The molecular formula is C26H31N3O3. The molecule has 0 radical (unpaired) electrons. The van der Waals surface area contributed by atoms with Crippen molar-refractivity contribution in [3.63, 3.8) is 0 Å². The Hall–Kier alpha value is -3.28. The first-order valence-electron chi connectivity index (χ1n) is 11.3. The molecule has 3 aromatic rings. The van der Waals surface area contributed by atoms with Gasteiger partial charge in [0.15, 0.2) is 0 Å². The van der Waals surface area contributed by atoms with Crippen LogP contribution in [-0.2, 0) is 6.54 Å². The lowest BCUT2D eigenvalue weighted by Gasteiger charge is -2.30. The first-order chi connectivity index (χ1) is 15.6. The number of piperidine rings is 1. The fourth-order valence-corrected chi connectivity index (χ4v) is 4.25. The molecule has 1 amide bonds. The van der Waals surface area contributed by atoms with Gasteiger partial charge in [0.25, 0.3) is 5.91 Å². The molecule has 0 aliphatic carbocycles. The van der Waals surface area contributed by atoms with Crippen molar-refractivity contribution in [2.75, 3.05) is 25.1 Å². The van der Waals surface area contributed by atoms with Gasteiger partial charge in [-0.3, -0.25) is 4.79 Å². The number of carbonyl (C=O) groups is 1. The molecule has 0 saturated carbocycles. The Morgan fingerprint density at radius 2 is 1.75 bits per heavy atom. The summed E-state index contributed by atoms with van der Waals surface area (Å²) in [6.07, 6.45) is 3.50. The second kappa shape index (κ2) is 9.90. The SMILES string of the molecule is COc1ccccc1C(=O)N(Cc1c(-c2ccccc2)noc1N1CCCCC1)C(C)C. The van der Waals surface area contributed by atoms with Crippen LogP contribution in [0.5, 0.6) is 5.75 Å². The lowest BCUT2D eigenvalue weighted by molar-refractivity contribution is 0.0687. The molecule has 0 bridgehead atoms. The van der Waals surface area contributed by atoms with Crippen LogP contribution in [0.4, 0.5) is 5.88 Å². The zero-order valence-corrected chi connectivity index (χ0v) is 19.1. The maximum absolute atomic E-state index is 13.6. The molecular weight excluding hydrogens is 402 g/mol. The van der Waals surface area contributed by atoms with E-state index in [1.807, 2.05) is 73.3 Å². The first-order valence-corrected chi connectivity index (χ1v) is 11.3. The van der Waals surface area contributed by atoms with Gasteiger partial charge in [0.05, 0.1) is 24.8 Å². The fourth-order valence-electron chi connectivity index (χ4n) is 4.25. The van der Waals surface area contributed by atoms with Crippen LogP contribution in [0.25, 0.3) is 11.3 Å². The average molecular weight is 434 g/mol. The van der Waals surface area contributed by atoms with Gasteiger partial charge >= 0.3 is 0 Å². The monoisotopic (exact) mass is 433 g/mol. The van der Waals surface area contributed by atoms with Crippen LogP contribution in [-0.4, -0.2) is 42.2 Å². The number of carbonyl (C=O) groups excluding carboxylic acids is 1. The number of rotatable bonds is 7. The number of para-hydroxylation sites is 1. The molecule has 2 heterocycles. The smallest absolute Gasteiger partial charge is 0.258 e. The third kappa shape index (κ3) is 4.49. The Morgan fingerprint density at radius 1 is 1.06 bits per heavy atom. The van der Waals surface area contributed by atoms with Crippen molar-refractivity contribution in [1.29, 1.82) is 0 Å². The first kappa shape index (κ1) is 21.9. The molecule has 1 aliphatic rings. The summed E-state index contributed by atoms with van der Waals surface area (Å²) in [5, 5.41) is 4.46. The third-order valence-corrected chi connectivity index (χ3v) is 6.01. The van der Waals surface area contributed by atoms with Crippen LogP contribution in [0.1, 0.15) is 49.0 Å². The predicted octanol–water partition coefficient (Wildman–Crippen LogP) is 5.39. The molecule has 1 aromatic heterocycles. The second-order valence-electron chi connectivity index (χ2n) is 8.46. The number of amides is 1. The van der Waals surface area contributed by atoms with Gasteiger partial charge in [0, 0.05) is 24.7 Å². The standard InChI is InChI=1S/C26H31N3O3/c1-19(2)29(25(30)21-14-8-9-15-23(21)31-3)18-22-24(20-12-6-4-7-13-20)27-32-26(22)28-16-10-5-11-17-28/h4,6-9,12-15,19H,5,10-11,16-18H2,1-3H3. The Kier molecular flexibility index (Phi) is 6.78. The molecule has 32 heavy (non-hydrogen) atoms. The summed E-state index contributed by atoms with van der Waals surface area (Å²) < 4.78 is 11.4. The van der Waals surface area contributed by atoms with Gasteiger partial charge in [-0.1, -0.05) is 47.6 Å². The van der Waals surface area contributed by atoms with Crippen molar-refractivity contribution in [2.24, 2.45) is 0 Å². The van der Waals surface area contributed by atoms with Gasteiger partial charge in [0.1, 0.15) is 11.4 Å². The summed E-state index contributed by atoms with van der Waals surface area (Å²) in [6, 6.07) is 17.4. The van der Waals surface area contributed by atoms with Gasteiger partial charge in [0.2, 0.25) is 5.88 Å². The number of anilines is 1. The van der Waals surface area contributed by atoms with E-state index >= 15 is 0 Å². The van der Waals surface area contributed by atoms with E-state index in [2.05, 4.69) is 10.1 Å². The highest BCUT2D eigenvalue weighted by molar-refractivity contribution is 5.97. The maximum Gasteiger partial charge on any atom is 0.258 e. The van der Waals surface area contributed by atoms with E-state index in [1.165, 1.54) is 6.42 Å². The molecule has 2 aromatic carbocycles. The number of hydrogen-bond donors (Lipinski definition) is 0.